The van der Waals surface area contributed by atoms with Gasteiger partial charge >= 0.3 is 0 Å². The van der Waals surface area contributed by atoms with Gasteiger partial charge in [0.05, 0.1) is 17.0 Å². The summed E-state index contributed by atoms with van der Waals surface area (Å²) in [5.74, 6) is 6.05. The van der Waals surface area contributed by atoms with Crippen molar-refractivity contribution in [3.63, 3.8) is 0 Å². The number of likely N-dealkylation sites (tertiary alicyclic amines) is 1. The molecule has 3 nitrogen and oxygen atoms in total. The van der Waals surface area contributed by atoms with E-state index in [1.807, 2.05) is 30.5 Å². The van der Waals surface area contributed by atoms with Crippen LogP contribution in [0, 0.1) is 17.3 Å². The fourth-order valence-corrected chi connectivity index (χ4v) is 3.35. The van der Waals surface area contributed by atoms with Crippen LogP contribution in [0.2, 0.25) is 0 Å². The smallest absolute Gasteiger partial charge is 0.235 e. The minimum Gasteiger partial charge on any atom is -0.381 e. The lowest BCUT2D eigenvalue weighted by atomic mass is 9.71. The van der Waals surface area contributed by atoms with E-state index >= 15 is 0 Å². The molecule has 0 radical (unpaired) electrons. The predicted octanol–water partition coefficient (Wildman–Crippen LogP) is 2.97. The molecule has 3 heteroatoms. The van der Waals surface area contributed by atoms with Crippen molar-refractivity contribution >= 4 is 5.78 Å². The lowest BCUT2D eigenvalue weighted by Gasteiger charge is -2.39. The number of allylic oxidation sites excluding steroid dienone is 2. The van der Waals surface area contributed by atoms with Gasteiger partial charge in [0.25, 0.3) is 0 Å². The van der Waals surface area contributed by atoms with E-state index in [-0.39, 0.29) is 22.8 Å². The normalized spacial score (nSPS) is 27.4. The predicted molar refractivity (Wildman–Crippen MR) is 92.6 cm³/mol. The molecule has 118 valence electrons. The Hall–Kier alpha value is -2.47. The summed E-state index contributed by atoms with van der Waals surface area (Å²) in [5, 5.41) is 3.42. The third-order valence-electron chi connectivity index (χ3n) is 5.47. The Balaban J connectivity index is 1.98. The molecular weight excluding hydrogens is 284 g/mol. The van der Waals surface area contributed by atoms with E-state index in [4.69, 9.17) is 0 Å². The number of fused-ring (bicyclic) bond motifs is 1. The van der Waals surface area contributed by atoms with Crippen molar-refractivity contribution in [1.82, 2.24) is 10.2 Å². The molecule has 1 fully saturated rings. The minimum atomic E-state index is -0.372. The standard InChI is InChI=1S/C20H22N2O/c1-19(2)20(3,18-16(22(19)4)11-8-14-21-18)13-12-17(23)15-9-6-5-7-10-15/h5-11,14,18,21H,1-4H3. The van der Waals surface area contributed by atoms with Gasteiger partial charge in [-0.3, -0.25) is 4.79 Å². The number of dihydropyridines is 1. The quantitative estimate of drug-likeness (QED) is 0.492. The van der Waals surface area contributed by atoms with E-state index in [2.05, 4.69) is 56.0 Å². The monoisotopic (exact) mass is 306 g/mol. The molecule has 2 heterocycles. The van der Waals surface area contributed by atoms with Gasteiger partial charge in [-0.05, 0) is 45.0 Å². The number of nitrogens with zero attached hydrogens (tertiary/aromatic N) is 1. The Morgan fingerprint density at radius 3 is 2.61 bits per heavy atom. The molecule has 0 aliphatic carbocycles. The van der Waals surface area contributed by atoms with E-state index < -0.39 is 0 Å². The van der Waals surface area contributed by atoms with Crippen LogP contribution in [-0.2, 0) is 0 Å². The molecule has 1 N–H and O–H groups in total. The van der Waals surface area contributed by atoms with Gasteiger partial charge in [0.15, 0.2) is 0 Å². The Labute approximate surface area is 138 Å². The maximum Gasteiger partial charge on any atom is 0.235 e. The maximum atomic E-state index is 12.4. The van der Waals surface area contributed by atoms with Gasteiger partial charge in [-0.15, -0.1) is 0 Å². The Bertz CT molecular complexity index is 749. The number of nitrogens with one attached hydrogen (secondary N) is 1. The molecule has 0 spiro atoms. The summed E-state index contributed by atoms with van der Waals surface area (Å²) in [6.45, 7) is 6.48. The number of likely N-dealkylation sites (N-methyl/N-ethyl adjacent to an activating group) is 1. The fourth-order valence-electron chi connectivity index (χ4n) is 3.35. The molecule has 2 atom stereocenters. The van der Waals surface area contributed by atoms with Crippen LogP contribution in [0.5, 0.6) is 0 Å². The first-order valence-electron chi connectivity index (χ1n) is 7.87. The molecule has 1 aromatic carbocycles. The zero-order valence-electron chi connectivity index (χ0n) is 14.1. The van der Waals surface area contributed by atoms with Gasteiger partial charge < -0.3 is 10.2 Å². The third kappa shape index (κ3) is 2.26. The lowest BCUT2D eigenvalue weighted by Crippen LogP contribution is -2.49. The van der Waals surface area contributed by atoms with E-state index in [0.29, 0.717) is 5.56 Å². The van der Waals surface area contributed by atoms with Crippen LogP contribution in [0.1, 0.15) is 31.1 Å². The first-order chi connectivity index (χ1) is 10.9. The number of carbonyl (C=O) groups is 1. The van der Waals surface area contributed by atoms with Crippen molar-refractivity contribution in [2.24, 2.45) is 5.41 Å². The second-order valence-electron chi connectivity index (χ2n) is 6.82. The molecule has 0 amide bonds. The highest BCUT2D eigenvalue weighted by molar-refractivity contribution is 6.09. The summed E-state index contributed by atoms with van der Waals surface area (Å²) in [5.41, 5.74) is 1.29. The van der Waals surface area contributed by atoms with Gasteiger partial charge in [0.1, 0.15) is 0 Å². The molecule has 0 saturated carbocycles. The van der Waals surface area contributed by atoms with Crippen molar-refractivity contribution in [3.05, 3.63) is 59.9 Å². The molecule has 2 unspecified atom stereocenters. The second-order valence-corrected chi connectivity index (χ2v) is 6.82. The molecule has 3 rings (SSSR count). The maximum absolute atomic E-state index is 12.4. The lowest BCUT2D eigenvalue weighted by molar-refractivity contribution is 0.105. The Morgan fingerprint density at radius 1 is 1.22 bits per heavy atom. The van der Waals surface area contributed by atoms with E-state index in [0.717, 1.165) is 0 Å². The first-order valence-corrected chi connectivity index (χ1v) is 7.87. The van der Waals surface area contributed by atoms with Crippen molar-refractivity contribution in [3.8, 4) is 11.8 Å². The fraction of sp³-hybridized carbons (Fsp3) is 0.350. The van der Waals surface area contributed by atoms with Gasteiger partial charge in [0, 0.05) is 18.3 Å². The molecule has 23 heavy (non-hydrogen) atoms. The number of rotatable bonds is 1. The van der Waals surface area contributed by atoms with Crippen LogP contribution >= 0.6 is 0 Å². The Kier molecular flexibility index (Phi) is 3.56. The van der Waals surface area contributed by atoms with Crippen molar-refractivity contribution in [1.29, 1.82) is 0 Å². The Morgan fingerprint density at radius 2 is 1.91 bits per heavy atom. The zero-order valence-corrected chi connectivity index (χ0v) is 14.1. The highest BCUT2D eigenvalue weighted by atomic mass is 16.1. The summed E-state index contributed by atoms with van der Waals surface area (Å²) in [4.78, 5) is 14.6. The van der Waals surface area contributed by atoms with Crippen LogP contribution < -0.4 is 5.32 Å². The van der Waals surface area contributed by atoms with Gasteiger partial charge in [0.2, 0.25) is 5.78 Å². The third-order valence-corrected chi connectivity index (χ3v) is 5.47. The molecular formula is C20H22N2O. The molecule has 1 saturated heterocycles. The first kappa shape index (κ1) is 15.4. The van der Waals surface area contributed by atoms with Gasteiger partial charge in [-0.2, -0.15) is 0 Å². The summed E-state index contributed by atoms with van der Waals surface area (Å²) >= 11 is 0. The summed E-state index contributed by atoms with van der Waals surface area (Å²) in [6, 6.07) is 9.31. The topological polar surface area (TPSA) is 32.3 Å². The number of hydrogen-bond acceptors (Lipinski definition) is 3. The summed E-state index contributed by atoms with van der Waals surface area (Å²) < 4.78 is 0. The molecule has 0 bridgehead atoms. The highest BCUT2D eigenvalue weighted by Gasteiger charge is 2.57. The van der Waals surface area contributed by atoms with Crippen LogP contribution in [0.3, 0.4) is 0 Å². The average Bonchev–Trinajstić information content (AvgIpc) is 2.73. The van der Waals surface area contributed by atoms with E-state index in [9.17, 15) is 4.79 Å². The summed E-state index contributed by atoms with van der Waals surface area (Å²) in [7, 11) is 2.09. The van der Waals surface area contributed by atoms with Crippen LogP contribution in [0.15, 0.2) is 54.4 Å². The molecule has 1 aromatic rings. The molecule has 0 aromatic heterocycles. The van der Waals surface area contributed by atoms with Crippen LogP contribution in [0.4, 0.5) is 0 Å². The van der Waals surface area contributed by atoms with Gasteiger partial charge in [-0.25, -0.2) is 0 Å². The van der Waals surface area contributed by atoms with E-state index in [1.54, 1.807) is 12.1 Å². The molecule has 2 aliphatic rings. The van der Waals surface area contributed by atoms with Crippen molar-refractivity contribution in [2.75, 3.05) is 7.05 Å². The number of carbonyl (C=O) groups excluding carboxylic acids is 1. The van der Waals surface area contributed by atoms with Crippen LogP contribution in [0.25, 0.3) is 0 Å². The number of benzene rings is 1. The van der Waals surface area contributed by atoms with Crippen molar-refractivity contribution < 1.29 is 4.79 Å². The largest absolute Gasteiger partial charge is 0.381 e. The van der Waals surface area contributed by atoms with Gasteiger partial charge in [-0.1, -0.05) is 36.3 Å². The number of ketones is 1. The SMILES string of the molecule is CN1C2=CC=CNC2C(C)(C#CC(=O)c2ccccc2)C1(C)C. The molecule has 2 aliphatic heterocycles. The highest BCUT2D eigenvalue weighted by Crippen LogP contribution is 2.49. The number of Topliss-reactive ketones (excluding diaryl/α,β-unsaturated/α-hetero) is 1. The zero-order chi connectivity index (χ0) is 16.7. The summed E-state index contributed by atoms with van der Waals surface area (Å²) in [6.07, 6.45) is 6.07. The van der Waals surface area contributed by atoms with Crippen LogP contribution in [-0.4, -0.2) is 29.3 Å². The van der Waals surface area contributed by atoms with E-state index in [1.165, 1.54) is 5.70 Å². The average molecular weight is 306 g/mol. The van der Waals surface area contributed by atoms with Crippen molar-refractivity contribution in [2.45, 2.75) is 32.4 Å². The minimum absolute atomic E-state index is 0.0866. The second kappa shape index (κ2) is 5.31. The number of hydrogen-bond donors (Lipinski definition) is 1.